The van der Waals surface area contributed by atoms with E-state index in [9.17, 15) is 5.11 Å². The number of phenolic OH excluding ortho intramolecular Hbond substituents is 1. The summed E-state index contributed by atoms with van der Waals surface area (Å²) in [7, 11) is 0. The third-order valence-corrected chi connectivity index (χ3v) is 9.32. The molecule has 0 saturated heterocycles. The van der Waals surface area contributed by atoms with Crippen molar-refractivity contribution in [1.82, 2.24) is 0 Å². The van der Waals surface area contributed by atoms with E-state index in [-0.39, 0.29) is 10.8 Å². The van der Waals surface area contributed by atoms with Crippen LogP contribution in [0.25, 0.3) is 0 Å². The lowest BCUT2D eigenvalue weighted by Gasteiger charge is -2.30. The number of hydrogen-bond acceptors (Lipinski definition) is 1. The van der Waals surface area contributed by atoms with Gasteiger partial charge in [0.1, 0.15) is 5.75 Å². The first-order chi connectivity index (χ1) is 18.7. The van der Waals surface area contributed by atoms with E-state index < -0.39 is 0 Å². The fraction of sp³-hybridized carbons (Fsp3) is 0.842. The van der Waals surface area contributed by atoms with Crippen molar-refractivity contribution >= 4 is 0 Å². The maximum Gasteiger partial charge on any atom is 0.119 e. The Labute approximate surface area is 246 Å². The van der Waals surface area contributed by atoms with Crippen molar-refractivity contribution < 1.29 is 5.11 Å². The minimum absolute atomic E-state index is 0.0298. The van der Waals surface area contributed by atoms with Crippen molar-refractivity contribution in [2.75, 3.05) is 0 Å². The van der Waals surface area contributed by atoms with Crippen molar-refractivity contribution in [1.29, 1.82) is 0 Å². The van der Waals surface area contributed by atoms with Gasteiger partial charge in [-0.3, -0.25) is 0 Å². The smallest absolute Gasteiger partial charge is 0.119 e. The number of rotatable bonds is 26. The summed E-state index contributed by atoms with van der Waals surface area (Å²) >= 11 is 0. The molecule has 1 heteroatoms. The van der Waals surface area contributed by atoms with Gasteiger partial charge in [-0.1, -0.05) is 195 Å². The minimum atomic E-state index is 0.0298. The normalized spacial score (nSPS) is 12.4. The lowest BCUT2D eigenvalue weighted by molar-refractivity contribution is 0.399. The molecule has 1 rings (SSSR count). The fourth-order valence-corrected chi connectivity index (χ4v) is 6.27. The average Bonchev–Trinajstić information content (AvgIpc) is 2.90. The summed E-state index contributed by atoms with van der Waals surface area (Å²) in [6.45, 7) is 13.9. The second-order valence-corrected chi connectivity index (χ2v) is 14.1. The number of unbranched alkanes of at least 4 members (excludes halogenated alkanes) is 20. The maximum absolute atomic E-state index is 11.0. The monoisotopic (exact) mass is 543 g/mol. The largest absolute Gasteiger partial charge is 0.508 e. The summed E-state index contributed by atoms with van der Waals surface area (Å²) in [5, 5.41) is 11.0. The number of aromatic hydroxyl groups is 1. The predicted octanol–water partition coefficient (Wildman–Crippen LogP) is 13.3. The lowest BCUT2D eigenvalue weighted by atomic mass is 9.75. The van der Waals surface area contributed by atoms with Gasteiger partial charge in [0, 0.05) is 0 Å². The van der Waals surface area contributed by atoms with E-state index in [2.05, 4.69) is 59.7 Å². The Kier molecular flexibility index (Phi) is 20.1. The fourth-order valence-electron chi connectivity index (χ4n) is 6.27. The number of phenols is 1. The zero-order valence-electron chi connectivity index (χ0n) is 27.6. The molecule has 0 unspecified atom stereocenters. The summed E-state index contributed by atoms with van der Waals surface area (Å²) in [5.41, 5.74) is 2.57. The molecule has 0 saturated carbocycles. The van der Waals surface area contributed by atoms with E-state index in [4.69, 9.17) is 0 Å². The molecule has 0 atom stereocenters. The highest BCUT2D eigenvalue weighted by Gasteiger charge is 2.26. The summed E-state index contributed by atoms with van der Waals surface area (Å²) in [4.78, 5) is 0. The molecule has 1 aromatic carbocycles. The van der Waals surface area contributed by atoms with Crippen LogP contribution in [0.3, 0.4) is 0 Å². The molecule has 0 aliphatic carbocycles. The van der Waals surface area contributed by atoms with Crippen LogP contribution in [0, 0.1) is 0 Å². The first-order valence-electron chi connectivity index (χ1n) is 17.6. The SMILES string of the molecule is CCCCCCCCCCCCCC(C)(C)c1ccc(C(C)(C)CCCCCCCCCCCCC)c(O)c1. The van der Waals surface area contributed by atoms with Crippen molar-refractivity contribution in [3.05, 3.63) is 29.3 Å². The Hall–Kier alpha value is -0.980. The van der Waals surface area contributed by atoms with Gasteiger partial charge in [-0.15, -0.1) is 0 Å². The van der Waals surface area contributed by atoms with Crippen LogP contribution < -0.4 is 0 Å². The molecule has 0 aliphatic rings. The number of hydrogen-bond donors (Lipinski definition) is 1. The molecule has 0 radical (unpaired) electrons. The quantitative estimate of drug-likeness (QED) is 0.115. The van der Waals surface area contributed by atoms with Gasteiger partial charge >= 0.3 is 0 Å². The van der Waals surface area contributed by atoms with Crippen molar-refractivity contribution in [2.45, 2.75) is 206 Å². The van der Waals surface area contributed by atoms with E-state index in [0.29, 0.717) is 5.75 Å². The third-order valence-electron chi connectivity index (χ3n) is 9.32. The first-order valence-corrected chi connectivity index (χ1v) is 17.6. The van der Waals surface area contributed by atoms with E-state index in [1.54, 1.807) is 0 Å². The molecule has 0 heterocycles. The molecule has 1 N–H and O–H groups in total. The van der Waals surface area contributed by atoms with E-state index in [0.717, 1.165) is 12.0 Å². The zero-order valence-corrected chi connectivity index (χ0v) is 27.6. The van der Waals surface area contributed by atoms with Gasteiger partial charge in [-0.2, -0.15) is 0 Å². The Bertz CT molecular complexity index is 701. The Balaban J connectivity index is 2.29. The van der Waals surface area contributed by atoms with Crippen molar-refractivity contribution in [3.63, 3.8) is 0 Å². The summed E-state index contributed by atoms with van der Waals surface area (Å²) < 4.78 is 0. The molecule has 0 bridgehead atoms. The van der Waals surface area contributed by atoms with Gasteiger partial charge in [0.25, 0.3) is 0 Å². The van der Waals surface area contributed by atoms with Crippen LogP contribution in [0.15, 0.2) is 18.2 Å². The van der Waals surface area contributed by atoms with Gasteiger partial charge in [0.2, 0.25) is 0 Å². The van der Waals surface area contributed by atoms with Crippen LogP contribution in [-0.2, 0) is 10.8 Å². The van der Waals surface area contributed by atoms with Gasteiger partial charge in [-0.05, 0) is 40.9 Å². The van der Waals surface area contributed by atoms with Crippen LogP contribution >= 0.6 is 0 Å². The lowest BCUT2D eigenvalue weighted by Crippen LogP contribution is -2.20. The maximum atomic E-state index is 11.0. The van der Waals surface area contributed by atoms with Gasteiger partial charge in [-0.25, -0.2) is 0 Å². The summed E-state index contributed by atoms with van der Waals surface area (Å²) in [5.74, 6) is 0.507. The molecule has 0 fully saturated rings. The third kappa shape index (κ3) is 16.8. The molecule has 0 aromatic heterocycles. The molecular formula is C38H70O. The Morgan fingerprint density at radius 1 is 0.462 bits per heavy atom. The second-order valence-electron chi connectivity index (χ2n) is 14.1. The van der Waals surface area contributed by atoms with Crippen molar-refractivity contribution in [2.24, 2.45) is 0 Å². The highest BCUT2D eigenvalue weighted by atomic mass is 16.3. The van der Waals surface area contributed by atoms with Gasteiger partial charge < -0.3 is 5.11 Å². The number of benzene rings is 1. The van der Waals surface area contributed by atoms with Gasteiger partial charge in [0.05, 0.1) is 0 Å². The predicted molar refractivity (Wildman–Crippen MR) is 176 cm³/mol. The Morgan fingerprint density at radius 2 is 0.795 bits per heavy atom. The topological polar surface area (TPSA) is 20.2 Å². The molecular weight excluding hydrogens is 472 g/mol. The van der Waals surface area contributed by atoms with Crippen molar-refractivity contribution in [3.8, 4) is 5.75 Å². The van der Waals surface area contributed by atoms with E-state index in [1.165, 1.54) is 153 Å². The molecule has 1 aromatic rings. The first kappa shape index (κ1) is 36.0. The molecule has 39 heavy (non-hydrogen) atoms. The summed E-state index contributed by atoms with van der Waals surface area (Å²) in [6.07, 6.45) is 32.9. The highest BCUT2D eigenvalue weighted by Crippen LogP contribution is 2.39. The zero-order chi connectivity index (χ0) is 28.8. The van der Waals surface area contributed by atoms with Gasteiger partial charge in [0.15, 0.2) is 0 Å². The van der Waals surface area contributed by atoms with Crippen LogP contribution in [0.2, 0.25) is 0 Å². The van der Waals surface area contributed by atoms with Crippen LogP contribution in [0.1, 0.15) is 207 Å². The minimum Gasteiger partial charge on any atom is -0.508 e. The van der Waals surface area contributed by atoms with E-state index >= 15 is 0 Å². The van der Waals surface area contributed by atoms with Crippen LogP contribution in [0.5, 0.6) is 5.75 Å². The molecule has 1 nitrogen and oxygen atoms in total. The van der Waals surface area contributed by atoms with E-state index in [1.807, 2.05) is 0 Å². The molecule has 0 amide bonds. The second kappa shape index (κ2) is 21.7. The van der Waals surface area contributed by atoms with Crippen LogP contribution in [0.4, 0.5) is 0 Å². The average molecular weight is 543 g/mol. The molecule has 0 aliphatic heterocycles. The highest BCUT2D eigenvalue weighted by molar-refractivity contribution is 5.43. The standard InChI is InChI=1S/C38H70O/c1-7-9-11-13-15-17-19-21-23-25-27-31-37(3,4)34-29-30-35(36(39)33-34)38(5,6)32-28-26-24-22-20-18-16-14-12-10-8-2/h29-30,33,39H,7-28,31-32H2,1-6H3. The molecule has 228 valence electrons. The molecule has 0 spiro atoms. The summed E-state index contributed by atoms with van der Waals surface area (Å²) in [6, 6.07) is 6.61. The van der Waals surface area contributed by atoms with Crippen LogP contribution in [-0.4, -0.2) is 5.11 Å². The Morgan fingerprint density at radius 3 is 1.15 bits per heavy atom.